The third-order valence-electron chi connectivity index (χ3n) is 7.95. The Bertz CT molecular complexity index is 585. The molecule has 0 spiro atoms. The summed E-state index contributed by atoms with van der Waals surface area (Å²) >= 11 is 0. The van der Waals surface area contributed by atoms with Crippen LogP contribution in [0.15, 0.2) is 0 Å². The van der Waals surface area contributed by atoms with E-state index in [1.807, 2.05) is 6.92 Å². The molecule has 5 fully saturated rings. The van der Waals surface area contributed by atoms with Gasteiger partial charge in [-0.15, -0.1) is 0 Å². The van der Waals surface area contributed by atoms with Gasteiger partial charge >= 0.3 is 12.1 Å². The Morgan fingerprint density at radius 3 is 2.23 bits per heavy atom. The van der Waals surface area contributed by atoms with Crippen molar-refractivity contribution in [3.8, 4) is 0 Å². The molecule has 0 radical (unpaired) electrons. The monoisotopic (exact) mass is 421 g/mol. The van der Waals surface area contributed by atoms with E-state index < -0.39 is 6.16 Å². The van der Waals surface area contributed by atoms with Crippen molar-refractivity contribution < 1.29 is 23.8 Å². The lowest BCUT2D eigenvalue weighted by atomic mass is 9.49. The van der Waals surface area contributed by atoms with Gasteiger partial charge in [0.1, 0.15) is 6.61 Å². The highest BCUT2D eigenvalue weighted by Gasteiger charge is 2.51. The largest absolute Gasteiger partial charge is 0.508 e. The van der Waals surface area contributed by atoms with Crippen LogP contribution in [0.3, 0.4) is 0 Å². The van der Waals surface area contributed by atoms with Crippen LogP contribution >= 0.6 is 0 Å². The van der Waals surface area contributed by atoms with Gasteiger partial charge in [0.25, 0.3) is 0 Å². The summed E-state index contributed by atoms with van der Waals surface area (Å²) in [5, 5.41) is 0. The van der Waals surface area contributed by atoms with Crippen molar-refractivity contribution in [2.45, 2.75) is 65.2 Å². The van der Waals surface area contributed by atoms with Crippen LogP contribution in [-0.4, -0.2) is 56.5 Å². The van der Waals surface area contributed by atoms with Crippen LogP contribution in [0.25, 0.3) is 0 Å². The molecule has 0 aromatic rings. The van der Waals surface area contributed by atoms with Gasteiger partial charge in [-0.25, -0.2) is 4.79 Å². The summed E-state index contributed by atoms with van der Waals surface area (Å²) in [4.78, 5) is 26.7. The number of esters is 1. The minimum atomic E-state index is -0.614. The third kappa shape index (κ3) is 5.49. The molecule has 1 heterocycles. The highest BCUT2D eigenvalue weighted by molar-refractivity contribution is 5.70. The van der Waals surface area contributed by atoms with E-state index in [-0.39, 0.29) is 23.9 Å². The average molecular weight is 422 g/mol. The fourth-order valence-electron chi connectivity index (χ4n) is 6.92. The molecule has 0 amide bonds. The zero-order valence-corrected chi connectivity index (χ0v) is 18.8. The molecule has 30 heavy (non-hydrogen) atoms. The van der Waals surface area contributed by atoms with Gasteiger partial charge in [-0.05, 0) is 81.2 Å². The Balaban J connectivity index is 1.09. The van der Waals surface area contributed by atoms with Crippen molar-refractivity contribution in [2.24, 2.45) is 35.0 Å². The number of rotatable bonds is 9. The molecule has 0 aromatic heterocycles. The number of ether oxygens (including phenoxy) is 3. The van der Waals surface area contributed by atoms with E-state index in [0.29, 0.717) is 25.6 Å². The van der Waals surface area contributed by atoms with Gasteiger partial charge in [0.05, 0.1) is 19.6 Å². The summed E-state index contributed by atoms with van der Waals surface area (Å²) in [5.41, 5.74) is 0.211. The zero-order chi connectivity index (χ0) is 21.1. The first kappa shape index (κ1) is 21.9. The molecule has 0 aromatic carbocycles. The van der Waals surface area contributed by atoms with Gasteiger partial charge < -0.3 is 19.1 Å². The number of carbonyl (C=O) groups is 2. The summed E-state index contributed by atoms with van der Waals surface area (Å²) < 4.78 is 16.0. The van der Waals surface area contributed by atoms with Crippen molar-refractivity contribution >= 4 is 12.1 Å². The van der Waals surface area contributed by atoms with Crippen molar-refractivity contribution in [3.63, 3.8) is 0 Å². The summed E-state index contributed by atoms with van der Waals surface area (Å²) in [6.45, 7) is 8.12. The second-order valence-corrected chi connectivity index (χ2v) is 10.8. The van der Waals surface area contributed by atoms with E-state index in [2.05, 4.69) is 11.8 Å². The first-order valence-corrected chi connectivity index (χ1v) is 12.1. The third-order valence-corrected chi connectivity index (χ3v) is 7.95. The van der Waals surface area contributed by atoms with Crippen LogP contribution in [0.5, 0.6) is 0 Å². The fraction of sp³-hybridized carbons (Fsp3) is 0.917. The van der Waals surface area contributed by atoms with E-state index in [0.717, 1.165) is 43.8 Å². The smallest absolute Gasteiger partial charge is 0.465 e. The minimum absolute atomic E-state index is 0.0278. The lowest BCUT2D eigenvalue weighted by Gasteiger charge is -2.56. The summed E-state index contributed by atoms with van der Waals surface area (Å²) in [7, 11) is 0. The van der Waals surface area contributed by atoms with Gasteiger partial charge in [-0.1, -0.05) is 13.8 Å². The molecule has 0 N–H and O–H groups in total. The maximum Gasteiger partial charge on any atom is 0.508 e. The molecular formula is C24H39NO5. The fourth-order valence-corrected chi connectivity index (χ4v) is 6.92. The Kier molecular flexibility index (Phi) is 6.91. The molecule has 1 saturated heterocycles. The SMILES string of the molecule is CCN1CCC(COC(=O)OCC(C)COC(=O)CC23CC4CC(CC(C4)C2)C3)C1. The molecule has 6 heteroatoms. The highest BCUT2D eigenvalue weighted by atomic mass is 16.7. The number of hydrogen-bond acceptors (Lipinski definition) is 6. The van der Waals surface area contributed by atoms with Gasteiger partial charge in [0.2, 0.25) is 0 Å². The van der Waals surface area contributed by atoms with Crippen LogP contribution < -0.4 is 0 Å². The van der Waals surface area contributed by atoms with E-state index in [1.165, 1.54) is 38.5 Å². The topological polar surface area (TPSA) is 65.1 Å². The van der Waals surface area contributed by atoms with Crippen LogP contribution in [0.4, 0.5) is 4.79 Å². The molecular weight excluding hydrogens is 382 g/mol. The van der Waals surface area contributed by atoms with E-state index >= 15 is 0 Å². The van der Waals surface area contributed by atoms with E-state index in [9.17, 15) is 9.59 Å². The molecule has 4 aliphatic carbocycles. The van der Waals surface area contributed by atoms with E-state index in [4.69, 9.17) is 14.2 Å². The number of nitrogens with zero attached hydrogens (tertiary/aromatic N) is 1. The van der Waals surface area contributed by atoms with Crippen molar-refractivity contribution in [1.82, 2.24) is 4.90 Å². The van der Waals surface area contributed by atoms with Crippen molar-refractivity contribution in [2.75, 3.05) is 39.5 Å². The Hall–Kier alpha value is -1.30. The van der Waals surface area contributed by atoms with Crippen LogP contribution in [0, 0.1) is 35.0 Å². The first-order valence-electron chi connectivity index (χ1n) is 12.1. The zero-order valence-electron chi connectivity index (χ0n) is 18.8. The summed E-state index contributed by atoms with van der Waals surface area (Å²) in [6.07, 6.45) is 8.83. The normalized spacial score (nSPS) is 35.9. The predicted octanol–water partition coefficient (Wildman–Crippen LogP) is 4.27. The van der Waals surface area contributed by atoms with Crippen LogP contribution in [0.1, 0.15) is 65.2 Å². The highest BCUT2D eigenvalue weighted by Crippen LogP contribution is 2.61. The Morgan fingerprint density at radius 2 is 1.63 bits per heavy atom. The molecule has 2 unspecified atom stereocenters. The standard InChI is InChI=1S/C24H39NO5/c1-3-25-5-4-18(13-25)16-30-23(27)29-15-17(2)14-28-22(26)12-24-9-19-6-20(10-24)8-21(7-19)11-24/h17-21H,3-16H2,1-2H3. The first-order chi connectivity index (χ1) is 14.4. The van der Waals surface area contributed by atoms with Gasteiger partial charge in [0, 0.05) is 18.4 Å². The lowest BCUT2D eigenvalue weighted by Crippen LogP contribution is -2.47. The molecule has 2 atom stereocenters. The lowest BCUT2D eigenvalue weighted by molar-refractivity contribution is -0.153. The Labute approximate surface area is 181 Å². The molecule has 170 valence electrons. The number of carbonyl (C=O) groups excluding carboxylic acids is 2. The quantitative estimate of drug-likeness (QED) is 0.518. The maximum atomic E-state index is 12.5. The Morgan fingerprint density at radius 1 is 1.00 bits per heavy atom. The number of likely N-dealkylation sites (tertiary alicyclic amines) is 1. The van der Waals surface area contributed by atoms with Crippen LogP contribution in [0.2, 0.25) is 0 Å². The van der Waals surface area contributed by atoms with E-state index in [1.54, 1.807) is 0 Å². The minimum Gasteiger partial charge on any atom is -0.465 e. The summed E-state index contributed by atoms with van der Waals surface area (Å²) in [6, 6.07) is 0. The van der Waals surface area contributed by atoms with Gasteiger partial charge in [0.15, 0.2) is 0 Å². The second kappa shape index (κ2) is 9.46. The molecule has 4 saturated carbocycles. The van der Waals surface area contributed by atoms with Crippen molar-refractivity contribution in [3.05, 3.63) is 0 Å². The molecule has 5 aliphatic rings. The van der Waals surface area contributed by atoms with Gasteiger partial charge in [-0.2, -0.15) is 0 Å². The molecule has 1 aliphatic heterocycles. The average Bonchev–Trinajstić information content (AvgIpc) is 3.16. The summed E-state index contributed by atoms with van der Waals surface area (Å²) in [5.74, 6) is 2.83. The number of hydrogen-bond donors (Lipinski definition) is 0. The predicted molar refractivity (Wildman–Crippen MR) is 113 cm³/mol. The van der Waals surface area contributed by atoms with Crippen LogP contribution in [-0.2, 0) is 19.0 Å². The van der Waals surface area contributed by atoms with Gasteiger partial charge in [-0.3, -0.25) is 4.79 Å². The molecule has 4 bridgehead atoms. The van der Waals surface area contributed by atoms with Crippen molar-refractivity contribution in [1.29, 1.82) is 0 Å². The maximum absolute atomic E-state index is 12.5. The molecule has 5 rings (SSSR count). The molecule has 6 nitrogen and oxygen atoms in total. The second-order valence-electron chi connectivity index (χ2n) is 10.8.